The van der Waals surface area contributed by atoms with Gasteiger partial charge in [0.25, 0.3) is 0 Å². The zero-order valence-corrected chi connectivity index (χ0v) is 15.3. The summed E-state index contributed by atoms with van der Waals surface area (Å²) in [5, 5.41) is 5.83. The van der Waals surface area contributed by atoms with Gasteiger partial charge in [0.1, 0.15) is 18.2 Å². The van der Waals surface area contributed by atoms with Gasteiger partial charge in [-0.05, 0) is 35.7 Å². The maximum atomic E-state index is 13.9. The SMILES string of the molecule is Fc1ccccc1COc1ccc2ccccc2c1CNC[C@H]1CCCO1. The molecule has 0 bridgehead atoms. The molecule has 0 spiro atoms. The molecule has 4 heteroatoms. The number of hydrogen-bond donors (Lipinski definition) is 1. The molecule has 1 atom stereocenters. The summed E-state index contributed by atoms with van der Waals surface area (Å²) in [4.78, 5) is 0. The lowest BCUT2D eigenvalue weighted by molar-refractivity contribution is 0.110. The molecule has 1 aliphatic rings. The van der Waals surface area contributed by atoms with Crippen LogP contribution in [0.5, 0.6) is 5.75 Å². The molecule has 0 radical (unpaired) electrons. The van der Waals surface area contributed by atoms with E-state index in [4.69, 9.17) is 9.47 Å². The molecule has 1 fully saturated rings. The molecule has 0 aromatic heterocycles. The van der Waals surface area contributed by atoms with E-state index in [0.717, 1.165) is 42.7 Å². The highest BCUT2D eigenvalue weighted by atomic mass is 19.1. The van der Waals surface area contributed by atoms with Crippen LogP contribution in [-0.4, -0.2) is 19.3 Å². The second-order valence-corrected chi connectivity index (χ2v) is 6.91. The molecule has 0 unspecified atom stereocenters. The van der Waals surface area contributed by atoms with Crippen molar-refractivity contribution in [2.45, 2.75) is 32.1 Å². The van der Waals surface area contributed by atoms with Gasteiger partial charge in [0.2, 0.25) is 0 Å². The van der Waals surface area contributed by atoms with Crippen molar-refractivity contribution in [3.05, 3.63) is 77.6 Å². The number of ether oxygens (including phenoxy) is 2. The van der Waals surface area contributed by atoms with Gasteiger partial charge in [0.15, 0.2) is 0 Å². The molecule has 3 nitrogen and oxygen atoms in total. The molecular weight excluding hydrogens is 341 g/mol. The fourth-order valence-corrected chi connectivity index (χ4v) is 3.57. The molecule has 140 valence electrons. The second kappa shape index (κ2) is 8.51. The van der Waals surface area contributed by atoms with Gasteiger partial charge < -0.3 is 14.8 Å². The Bertz CT molecular complexity index is 906. The highest BCUT2D eigenvalue weighted by Crippen LogP contribution is 2.29. The average molecular weight is 365 g/mol. The van der Waals surface area contributed by atoms with Gasteiger partial charge in [-0.25, -0.2) is 4.39 Å². The number of halogens is 1. The molecular formula is C23H24FNO2. The Kier molecular flexibility index (Phi) is 5.66. The van der Waals surface area contributed by atoms with Crippen LogP contribution in [0, 0.1) is 5.82 Å². The summed E-state index contributed by atoms with van der Waals surface area (Å²) in [6.45, 7) is 2.59. The highest BCUT2D eigenvalue weighted by Gasteiger charge is 2.16. The largest absolute Gasteiger partial charge is 0.488 e. The Balaban J connectivity index is 1.54. The van der Waals surface area contributed by atoms with Crippen molar-refractivity contribution < 1.29 is 13.9 Å². The van der Waals surface area contributed by atoms with Crippen LogP contribution in [0.3, 0.4) is 0 Å². The first kappa shape index (κ1) is 18.0. The van der Waals surface area contributed by atoms with Crippen molar-refractivity contribution in [2.24, 2.45) is 0 Å². The number of fused-ring (bicyclic) bond motifs is 1. The van der Waals surface area contributed by atoms with Crippen molar-refractivity contribution in [3.63, 3.8) is 0 Å². The Labute approximate surface area is 159 Å². The maximum absolute atomic E-state index is 13.9. The van der Waals surface area contributed by atoms with Gasteiger partial charge in [0, 0.05) is 30.8 Å². The van der Waals surface area contributed by atoms with Crippen LogP contribution in [0.15, 0.2) is 60.7 Å². The third-order valence-corrected chi connectivity index (χ3v) is 5.04. The first-order valence-electron chi connectivity index (χ1n) is 9.50. The summed E-state index contributed by atoms with van der Waals surface area (Å²) in [7, 11) is 0. The first-order chi connectivity index (χ1) is 13.3. The summed E-state index contributed by atoms with van der Waals surface area (Å²) in [6.07, 6.45) is 2.54. The van der Waals surface area contributed by atoms with E-state index in [0.29, 0.717) is 18.2 Å². The van der Waals surface area contributed by atoms with Crippen molar-refractivity contribution in [2.75, 3.05) is 13.2 Å². The van der Waals surface area contributed by atoms with E-state index in [1.807, 2.05) is 24.3 Å². The number of benzene rings is 3. The van der Waals surface area contributed by atoms with Gasteiger partial charge in [-0.15, -0.1) is 0 Å². The molecule has 0 amide bonds. The lowest BCUT2D eigenvalue weighted by Gasteiger charge is -2.17. The Morgan fingerprint density at radius 3 is 2.74 bits per heavy atom. The van der Waals surface area contributed by atoms with Crippen LogP contribution in [0.25, 0.3) is 10.8 Å². The molecule has 3 aromatic rings. The summed E-state index contributed by atoms with van der Waals surface area (Å²) >= 11 is 0. The normalized spacial score (nSPS) is 16.7. The standard InChI is InChI=1S/C23H24FNO2/c24-22-10-4-2-7-18(22)16-27-23-12-11-17-6-1-3-9-20(17)21(23)15-25-14-19-8-5-13-26-19/h1-4,6-7,9-12,19,25H,5,8,13-16H2/t19-/m1/s1. The third kappa shape index (κ3) is 4.29. The van der Waals surface area contributed by atoms with E-state index in [2.05, 4.69) is 23.5 Å². The summed E-state index contributed by atoms with van der Waals surface area (Å²) in [5.41, 5.74) is 1.66. The Morgan fingerprint density at radius 2 is 1.89 bits per heavy atom. The topological polar surface area (TPSA) is 30.5 Å². The van der Waals surface area contributed by atoms with Gasteiger partial charge in [-0.3, -0.25) is 0 Å². The van der Waals surface area contributed by atoms with E-state index in [-0.39, 0.29) is 12.4 Å². The van der Waals surface area contributed by atoms with Gasteiger partial charge in [-0.1, -0.05) is 48.5 Å². The molecule has 0 saturated carbocycles. The molecule has 1 N–H and O–H groups in total. The van der Waals surface area contributed by atoms with Crippen molar-refractivity contribution in [1.29, 1.82) is 0 Å². The fourth-order valence-electron chi connectivity index (χ4n) is 3.57. The van der Waals surface area contributed by atoms with Crippen LogP contribution in [0.1, 0.15) is 24.0 Å². The predicted octanol–water partition coefficient (Wildman–Crippen LogP) is 4.83. The molecule has 4 rings (SSSR count). The fraction of sp³-hybridized carbons (Fsp3) is 0.304. The van der Waals surface area contributed by atoms with E-state index in [1.165, 1.54) is 11.5 Å². The van der Waals surface area contributed by atoms with Gasteiger partial charge in [-0.2, -0.15) is 0 Å². The summed E-state index contributed by atoms with van der Waals surface area (Å²) in [5.74, 6) is 0.549. The minimum Gasteiger partial charge on any atom is -0.488 e. The lowest BCUT2D eigenvalue weighted by Crippen LogP contribution is -2.26. The minimum absolute atomic E-state index is 0.212. The van der Waals surface area contributed by atoms with E-state index in [1.54, 1.807) is 12.1 Å². The molecule has 27 heavy (non-hydrogen) atoms. The van der Waals surface area contributed by atoms with Gasteiger partial charge in [0.05, 0.1) is 6.10 Å². The molecule has 1 aliphatic heterocycles. The third-order valence-electron chi connectivity index (χ3n) is 5.04. The second-order valence-electron chi connectivity index (χ2n) is 6.91. The highest BCUT2D eigenvalue weighted by molar-refractivity contribution is 5.87. The van der Waals surface area contributed by atoms with Crippen molar-refractivity contribution >= 4 is 10.8 Å². The quantitative estimate of drug-likeness (QED) is 0.651. The lowest BCUT2D eigenvalue weighted by atomic mass is 10.0. The number of hydrogen-bond acceptors (Lipinski definition) is 3. The zero-order valence-electron chi connectivity index (χ0n) is 15.3. The van der Waals surface area contributed by atoms with Crippen LogP contribution in [0.4, 0.5) is 4.39 Å². The van der Waals surface area contributed by atoms with Gasteiger partial charge >= 0.3 is 0 Å². The molecule has 1 saturated heterocycles. The maximum Gasteiger partial charge on any atom is 0.129 e. The summed E-state index contributed by atoms with van der Waals surface area (Å²) < 4.78 is 25.6. The summed E-state index contributed by atoms with van der Waals surface area (Å²) in [6, 6.07) is 19.0. The minimum atomic E-state index is -0.239. The molecule has 1 heterocycles. The van der Waals surface area contributed by atoms with Crippen LogP contribution < -0.4 is 10.1 Å². The smallest absolute Gasteiger partial charge is 0.129 e. The number of rotatable bonds is 7. The van der Waals surface area contributed by atoms with E-state index >= 15 is 0 Å². The van der Waals surface area contributed by atoms with Crippen LogP contribution in [0.2, 0.25) is 0 Å². The zero-order chi connectivity index (χ0) is 18.5. The Morgan fingerprint density at radius 1 is 1.04 bits per heavy atom. The van der Waals surface area contributed by atoms with E-state index in [9.17, 15) is 4.39 Å². The Hall–Kier alpha value is -2.43. The monoisotopic (exact) mass is 365 g/mol. The average Bonchev–Trinajstić information content (AvgIpc) is 3.21. The molecule has 3 aromatic carbocycles. The molecule has 0 aliphatic carbocycles. The van der Waals surface area contributed by atoms with Crippen molar-refractivity contribution in [3.8, 4) is 5.75 Å². The number of nitrogens with one attached hydrogen (secondary N) is 1. The van der Waals surface area contributed by atoms with Crippen LogP contribution in [-0.2, 0) is 17.9 Å². The van der Waals surface area contributed by atoms with Crippen LogP contribution >= 0.6 is 0 Å². The van der Waals surface area contributed by atoms with E-state index < -0.39 is 0 Å². The predicted molar refractivity (Wildman–Crippen MR) is 105 cm³/mol. The van der Waals surface area contributed by atoms with Crippen molar-refractivity contribution in [1.82, 2.24) is 5.32 Å². The first-order valence-corrected chi connectivity index (χ1v) is 9.50.